The van der Waals surface area contributed by atoms with Crippen LogP contribution in [0.4, 0.5) is 0 Å². The van der Waals surface area contributed by atoms with Gasteiger partial charge in [0.25, 0.3) is 0 Å². The zero-order valence-electron chi connectivity index (χ0n) is 18.6. The number of hydrogen-bond acceptors (Lipinski definition) is 3. The highest BCUT2D eigenvalue weighted by Crippen LogP contribution is 2.73. The van der Waals surface area contributed by atoms with Crippen LogP contribution in [0.2, 0.25) is 0 Å². The van der Waals surface area contributed by atoms with Crippen LogP contribution in [-0.2, 0) is 14.4 Å². The van der Waals surface area contributed by atoms with Gasteiger partial charge < -0.3 is 5.11 Å². The average molecular weight is 411 g/mol. The van der Waals surface area contributed by atoms with Crippen LogP contribution >= 0.6 is 0 Å². The molecular weight excluding hydrogens is 376 g/mol. The molecule has 8 atom stereocenters. The highest BCUT2D eigenvalue weighted by atomic mass is 16.4. The molecule has 1 N–H and O–H groups in total. The standard InChI is InChI=1S/C26H34O4/c1-14(2)16-13-26-11-8-19-24(3,9-5-10-25(19,4)23(29)30)20(26)12-15(16)21-17(27)6-7-18(28)22(21)26/h6-7,13-15,19-22H,5,8-12H2,1-4H3,(H,29,30)/t15-,19+,20-,21-,22-,24-,25+,26+/m0/s1. The Labute approximate surface area is 179 Å². The van der Waals surface area contributed by atoms with Gasteiger partial charge in [0.05, 0.1) is 5.41 Å². The summed E-state index contributed by atoms with van der Waals surface area (Å²) in [6, 6.07) is 0. The van der Waals surface area contributed by atoms with E-state index in [4.69, 9.17) is 0 Å². The Morgan fingerprint density at radius 1 is 1.07 bits per heavy atom. The molecule has 0 aromatic carbocycles. The van der Waals surface area contributed by atoms with Crippen LogP contribution in [0.1, 0.15) is 66.2 Å². The number of hydrogen-bond donors (Lipinski definition) is 1. The largest absolute Gasteiger partial charge is 0.481 e. The van der Waals surface area contributed by atoms with Gasteiger partial charge in [0.2, 0.25) is 0 Å². The van der Waals surface area contributed by atoms with Crippen LogP contribution in [0.5, 0.6) is 0 Å². The van der Waals surface area contributed by atoms with E-state index < -0.39 is 11.4 Å². The summed E-state index contributed by atoms with van der Waals surface area (Å²) in [6.45, 7) is 8.67. The van der Waals surface area contributed by atoms with Crippen molar-refractivity contribution < 1.29 is 19.5 Å². The summed E-state index contributed by atoms with van der Waals surface area (Å²) in [4.78, 5) is 38.6. The van der Waals surface area contributed by atoms with Gasteiger partial charge in [-0.15, -0.1) is 0 Å². The minimum absolute atomic E-state index is 0.101. The molecule has 6 rings (SSSR count). The number of allylic oxidation sites excluding steroid dienone is 4. The lowest BCUT2D eigenvalue weighted by Gasteiger charge is -2.69. The quantitative estimate of drug-likeness (QED) is 0.662. The third-order valence-electron chi connectivity index (χ3n) is 10.2. The van der Waals surface area contributed by atoms with Gasteiger partial charge in [-0.05, 0) is 80.3 Å². The number of ketones is 2. The topological polar surface area (TPSA) is 71.4 Å². The highest BCUT2D eigenvalue weighted by Gasteiger charge is 2.70. The minimum Gasteiger partial charge on any atom is -0.481 e. The molecule has 3 fully saturated rings. The van der Waals surface area contributed by atoms with Crippen molar-refractivity contribution in [3.63, 3.8) is 0 Å². The fraction of sp³-hybridized carbons (Fsp3) is 0.731. The van der Waals surface area contributed by atoms with Crippen molar-refractivity contribution in [3.8, 4) is 0 Å². The summed E-state index contributed by atoms with van der Waals surface area (Å²) in [5.74, 6) is 0.00398. The van der Waals surface area contributed by atoms with Gasteiger partial charge in [0, 0.05) is 17.3 Å². The smallest absolute Gasteiger partial charge is 0.309 e. The van der Waals surface area contributed by atoms with Gasteiger partial charge >= 0.3 is 5.97 Å². The molecule has 0 radical (unpaired) electrons. The summed E-state index contributed by atoms with van der Waals surface area (Å²) in [6.07, 6.45) is 10.8. The first-order valence-electron chi connectivity index (χ1n) is 11.8. The molecule has 0 aliphatic heterocycles. The molecule has 0 saturated heterocycles. The molecule has 0 unspecified atom stereocenters. The molecule has 0 aromatic rings. The average Bonchev–Trinajstić information content (AvgIpc) is 2.69. The van der Waals surface area contributed by atoms with E-state index in [0.717, 1.165) is 38.5 Å². The molecule has 6 aliphatic rings. The highest BCUT2D eigenvalue weighted by molar-refractivity contribution is 6.08. The molecule has 4 heteroatoms. The number of aliphatic carboxylic acids is 1. The zero-order chi connectivity index (χ0) is 21.6. The van der Waals surface area contributed by atoms with E-state index >= 15 is 0 Å². The number of fused-ring (bicyclic) bond motifs is 1. The number of carbonyl (C=O) groups excluding carboxylic acids is 2. The van der Waals surface area contributed by atoms with Gasteiger partial charge in [0.1, 0.15) is 0 Å². The second kappa shape index (κ2) is 6.17. The van der Waals surface area contributed by atoms with Crippen molar-refractivity contribution in [2.75, 3.05) is 0 Å². The monoisotopic (exact) mass is 410 g/mol. The molecule has 162 valence electrons. The predicted molar refractivity (Wildman–Crippen MR) is 114 cm³/mol. The van der Waals surface area contributed by atoms with Crippen molar-refractivity contribution in [2.24, 2.45) is 51.8 Å². The lowest BCUT2D eigenvalue weighted by molar-refractivity contribution is -0.197. The Bertz CT molecular complexity index is 897. The SMILES string of the molecule is CC(C)C1=C[C@]23CC[C@@H]4[C@](C)(CCC[C@@]4(C)C(=O)O)[C@@H]2C[C@@H]1[C@H]1C(=O)C=CC(=O)[C@@H]13. The van der Waals surface area contributed by atoms with Gasteiger partial charge in [-0.25, -0.2) is 0 Å². The lowest BCUT2D eigenvalue weighted by atomic mass is 9.33. The Morgan fingerprint density at radius 2 is 1.77 bits per heavy atom. The number of rotatable bonds is 2. The first-order valence-corrected chi connectivity index (χ1v) is 11.8. The normalized spacial score (nSPS) is 49.4. The third-order valence-corrected chi connectivity index (χ3v) is 10.2. The fourth-order valence-corrected chi connectivity index (χ4v) is 9.05. The van der Waals surface area contributed by atoms with Gasteiger partial charge in [-0.1, -0.05) is 38.8 Å². The van der Waals surface area contributed by atoms with Crippen LogP contribution < -0.4 is 0 Å². The van der Waals surface area contributed by atoms with Crippen LogP contribution in [-0.4, -0.2) is 22.6 Å². The van der Waals surface area contributed by atoms with Crippen molar-refractivity contribution in [3.05, 3.63) is 23.8 Å². The van der Waals surface area contributed by atoms with Crippen LogP contribution in [0, 0.1) is 51.8 Å². The maximum absolute atomic E-state index is 13.2. The van der Waals surface area contributed by atoms with E-state index in [-0.39, 0.29) is 52.0 Å². The molecule has 3 saturated carbocycles. The number of carboxylic acid groups (broad SMARTS) is 1. The van der Waals surface area contributed by atoms with E-state index in [0.29, 0.717) is 5.92 Å². The minimum atomic E-state index is -0.693. The second-order valence-electron chi connectivity index (χ2n) is 11.6. The van der Waals surface area contributed by atoms with E-state index in [9.17, 15) is 19.5 Å². The number of carboxylic acids is 1. The van der Waals surface area contributed by atoms with Gasteiger partial charge in [-0.3, -0.25) is 14.4 Å². The predicted octanol–water partition coefficient (Wildman–Crippen LogP) is 4.84. The summed E-state index contributed by atoms with van der Waals surface area (Å²) < 4.78 is 0. The van der Waals surface area contributed by atoms with Crippen LogP contribution in [0.25, 0.3) is 0 Å². The summed E-state index contributed by atoms with van der Waals surface area (Å²) in [5.41, 5.74) is 0.277. The Kier molecular flexibility index (Phi) is 4.16. The van der Waals surface area contributed by atoms with Crippen LogP contribution in [0.3, 0.4) is 0 Å². The van der Waals surface area contributed by atoms with E-state index in [1.165, 1.54) is 17.7 Å². The first kappa shape index (κ1) is 20.2. The maximum atomic E-state index is 13.2. The van der Waals surface area contributed by atoms with Crippen molar-refractivity contribution in [1.82, 2.24) is 0 Å². The summed E-state index contributed by atoms with van der Waals surface area (Å²) in [7, 11) is 0. The Hall–Kier alpha value is -1.71. The molecule has 30 heavy (non-hydrogen) atoms. The van der Waals surface area contributed by atoms with Crippen molar-refractivity contribution >= 4 is 17.5 Å². The van der Waals surface area contributed by atoms with E-state index in [2.05, 4.69) is 26.8 Å². The Morgan fingerprint density at radius 3 is 2.43 bits per heavy atom. The van der Waals surface area contributed by atoms with Crippen molar-refractivity contribution in [2.45, 2.75) is 66.2 Å². The summed E-state index contributed by atoms with van der Waals surface area (Å²) >= 11 is 0. The second-order valence-corrected chi connectivity index (χ2v) is 11.6. The first-order chi connectivity index (χ1) is 14.1. The molecule has 0 aromatic heterocycles. The maximum Gasteiger partial charge on any atom is 0.309 e. The number of carbonyl (C=O) groups is 3. The van der Waals surface area contributed by atoms with E-state index in [1.807, 2.05) is 6.92 Å². The zero-order valence-corrected chi connectivity index (χ0v) is 18.6. The molecule has 4 nitrogen and oxygen atoms in total. The van der Waals surface area contributed by atoms with Crippen LogP contribution in [0.15, 0.2) is 23.8 Å². The van der Waals surface area contributed by atoms with Gasteiger partial charge in [0.15, 0.2) is 11.6 Å². The molecule has 0 amide bonds. The third kappa shape index (κ3) is 2.26. The summed E-state index contributed by atoms with van der Waals surface area (Å²) in [5, 5.41) is 10.1. The van der Waals surface area contributed by atoms with Gasteiger partial charge in [-0.2, -0.15) is 0 Å². The molecule has 6 aliphatic carbocycles. The molecule has 1 spiro atoms. The fourth-order valence-electron chi connectivity index (χ4n) is 9.05. The van der Waals surface area contributed by atoms with Crippen molar-refractivity contribution in [1.29, 1.82) is 0 Å². The molecular formula is C26H34O4. The molecule has 2 bridgehead atoms. The lowest BCUT2D eigenvalue weighted by Crippen LogP contribution is -2.66. The molecule has 0 heterocycles. The Balaban J connectivity index is 1.68. The van der Waals surface area contributed by atoms with E-state index in [1.54, 1.807) is 0 Å².